The van der Waals surface area contributed by atoms with E-state index in [0.29, 0.717) is 16.9 Å². The third kappa shape index (κ3) is 3.02. The molecule has 5 heteroatoms. The number of hydrogen-bond donors (Lipinski definition) is 0. The molecule has 0 bridgehead atoms. The summed E-state index contributed by atoms with van der Waals surface area (Å²) in [5.41, 5.74) is 2.04. The lowest BCUT2D eigenvalue weighted by Crippen LogP contribution is -2.40. The van der Waals surface area contributed by atoms with E-state index in [0.717, 1.165) is 0 Å². The molecule has 0 saturated carbocycles. The Balaban J connectivity index is 1.97. The van der Waals surface area contributed by atoms with Crippen molar-refractivity contribution in [2.75, 3.05) is 16.8 Å². The SMILES string of the molecule is C[C@H]1CC(=O)N(C)c2ccccc2N1C(=O)Cc1cccc(F)c1. The fraction of sp³-hybridized carbons (Fsp3) is 0.263. The highest BCUT2D eigenvalue weighted by atomic mass is 19.1. The van der Waals surface area contributed by atoms with Crippen molar-refractivity contribution in [2.24, 2.45) is 0 Å². The summed E-state index contributed by atoms with van der Waals surface area (Å²) in [6.45, 7) is 1.86. The standard InChI is InChI=1S/C19H19FN2O2/c1-13-10-18(23)21(2)16-8-3-4-9-17(16)22(13)19(24)12-14-6-5-7-15(20)11-14/h3-9,11,13H,10,12H2,1-2H3/t13-/m0/s1. The zero-order valence-corrected chi connectivity index (χ0v) is 13.7. The average Bonchev–Trinajstić information content (AvgIpc) is 2.63. The Labute approximate surface area is 140 Å². The third-order valence-electron chi connectivity index (χ3n) is 4.30. The van der Waals surface area contributed by atoms with Crippen LogP contribution in [-0.2, 0) is 16.0 Å². The van der Waals surface area contributed by atoms with Gasteiger partial charge >= 0.3 is 0 Å². The Morgan fingerprint density at radius 2 is 1.88 bits per heavy atom. The molecule has 24 heavy (non-hydrogen) atoms. The summed E-state index contributed by atoms with van der Waals surface area (Å²) in [6, 6.07) is 13.1. The molecule has 2 aromatic carbocycles. The largest absolute Gasteiger partial charge is 0.313 e. The molecule has 0 unspecified atom stereocenters. The van der Waals surface area contributed by atoms with Gasteiger partial charge in [0.05, 0.1) is 17.8 Å². The number of amides is 2. The molecule has 1 atom stereocenters. The smallest absolute Gasteiger partial charge is 0.231 e. The van der Waals surface area contributed by atoms with Crippen molar-refractivity contribution < 1.29 is 14.0 Å². The van der Waals surface area contributed by atoms with Gasteiger partial charge in [-0.25, -0.2) is 4.39 Å². The van der Waals surface area contributed by atoms with Crippen molar-refractivity contribution in [3.63, 3.8) is 0 Å². The third-order valence-corrected chi connectivity index (χ3v) is 4.30. The summed E-state index contributed by atoms with van der Waals surface area (Å²) in [5.74, 6) is -0.542. The lowest BCUT2D eigenvalue weighted by molar-refractivity contribution is -0.119. The fourth-order valence-electron chi connectivity index (χ4n) is 3.09. The van der Waals surface area contributed by atoms with Crippen LogP contribution in [-0.4, -0.2) is 24.9 Å². The minimum atomic E-state index is -0.362. The van der Waals surface area contributed by atoms with Crippen molar-refractivity contribution in [3.8, 4) is 0 Å². The first-order valence-corrected chi connectivity index (χ1v) is 7.89. The molecule has 0 fully saturated rings. The highest BCUT2D eigenvalue weighted by molar-refractivity contribution is 6.05. The topological polar surface area (TPSA) is 40.6 Å². The summed E-state index contributed by atoms with van der Waals surface area (Å²) >= 11 is 0. The van der Waals surface area contributed by atoms with Gasteiger partial charge in [-0.2, -0.15) is 0 Å². The molecule has 0 N–H and O–H groups in total. The minimum absolute atomic E-state index is 0.0315. The minimum Gasteiger partial charge on any atom is -0.313 e. The van der Waals surface area contributed by atoms with Gasteiger partial charge in [0, 0.05) is 19.5 Å². The molecule has 1 aliphatic heterocycles. The molecule has 1 aliphatic rings. The molecule has 124 valence electrons. The van der Waals surface area contributed by atoms with Gasteiger partial charge in [0.15, 0.2) is 0 Å². The number of para-hydroxylation sites is 2. The van der Waals surface area contributed by atoms with E-state index < -0.39 is 0 Å². The second-order valence-electron chi connectivity index (χ2n) is 6.07. The van der Waals surface area contributed by atoms with Crippen LogP contribution >= 0.6 is 0 Å². The molecule has 4 nitrogen and oxygen atoms in total. The number of anilines is 2. The summed E-state index contributed by atoms with van der Waals surface area (Å²) in [5, 5.41) is 0. The Morgan fingerprint density at radius 3 is 2.58 bits per heavy atom. The lowest BCUT2D eigenvalue weighted by Gasteiger charge is -2.28. The Hall–Kier alpha value is -2.69. The maximum atomic E-state index is 13.4. The normalized spacial score (nSPS) is 17.5. The molecule has 0 saturated heterocycles. The van der Waals surface area contributed by atoms with Crippen molar-refractivity contribution in [1.82, 2.24) is 0 Å². The summed E-state index contributed by atoms with van der Waals surface area (Å²) in [4.78, 5) is 28.4. The molecule has 2 aromatic rings. The van der Waals surface area contributed by atoms with Crippen LogP contribution in [0.1, 0.15) is 18.9 Å². The fourth-order valence-corrected chi connectivity index (χ4v) is 3.09. The molecular formula is C19H19FN2O2. The molecule has 0 radical (unpaired) electrons. The van der Waals surface area contributed by atoms with E-state index in [9.17, 15) is 14.0 Å². The zero-order chi connectivity index (χ0) is 17.3. The number of carbonyl (C=O) groups excluding carboxylic acids is 2. The van der Waals surface area contributed by atoms with Gasteiger partial charge in [-0.3, -0.25) is 9.59 Å². The number of nitrogens with zero attached hydrogens (tertiary/aromatic N) is 2. The van der Waals surface area contributed by atoms with E-state index in [2.05, 4.69) is 0 Å². The van der Waals surface area contributed by atoms with Crippen molar-refractivity contribution in [2.45, 2.75) is 25.8 Å². The first-order chi connectivity index (χ1) is 11.5. The van der Waals surface area contributed by atoms with E-state index in [1.807, 2.05) is 31.2 Å². The number of halogens is 1. The van der Waals surface area contributed by atoms with Crippen LogP contribution in [0.4, 0.5) is 15.8 Å². The quantitative estimate of drug-likeness (QED) is 0.850. The van der Waals surface area contributed by atoms with Crippen molar-refractivity contribution in [1.29, 1.82) is 0 Å². The molecule has 0 spiro atoms. The first-order valence-electron chi connectivity index (χ1n) is 7.89. The molecule has 3 rings (SSSR count). The Morgan fingerprint density at radius 1 is 1.17 bits per heavy atom. The number of rotatable bonds is 2. The maximum Gasteiger partial charge on any atom is 0.231 e. The van der Waals surface area contributed by atoms with Crippen LogP contribution in [0.5, 0.6) is 0 Å². The van der Waals surface area contributed by atoms with E-state index in [-0.39, 0.29) is 36.5 Å². The highest BCUT2D eigenvalue weighted by Crippen LogP contribution is 2.34. The predicted octanol–water partition coefficient (Wildman–Crippen LogP) is 3.16. The van der Waals surface area contributed by atoms with Crippen LogP contribution in [0.2, 0.25) is 0 Å². The second kappa shape index (κ2) is 6.43. The van der Waals surface area contributed by atoms with Crippen LogP contribution in [0.25, 0.3) is 0 Å². The van der Waals surface area contributed by atoms with Crippen LogP contribution < -0.4 is 9.80 Å². The molecule has 0 aliphatic carbocycles. The maximum absolute atomic E-state index is 13.4. The lowest BCUT2D eigenvalue weighted by atomic mass is 10.1. The zero-order valence-electron chi connectivity index (χ0n) is 13.7. The van der Waals surface area contributed by atoms with Gasteiger partial charge in [-0.15, -0.1) is 0 Å². The second-order valence-corrected chi connectivity index (χ2v) is 6.07. The molecule has 1 heterocycles. The van der Waals surface area contributed by atoms with Gasteiger partial charge < -0.3 is 9.80 Å². The predicted molar refractivity (Wildman–Crippen MR) is 91.5 cm³/mol. The van der Waals surface area contributed by atoms with Crippen LogP contribution in [0, 0.1) is 5.82 Å². The monoisotopic (exact) mass is 326 g/mol. The van der Waals surface area contributed by atoms with E-state index in [1.54, 1.807) is 29.0 Å². The number of fused-ring (bicyclic) bond motifs is 1. The van der Waals surface area contributed by atoms with E-state index in [4.69, 9.17) is 0 Å². The number of benzene rings is 2. The van der Waals surface area contributed by atoms with Gasteiger partial charge in [-0.1, -0.05) is 24.3 Å². The van der Waals surface area contributed by atoms with E-state index >= 15 is 0 Å². The highest BCUT2D eigenvalue weighted by Gasteiger charge is 2.32. The first kappa shape index (κ1) is 16.2. The average molecular weight is 326 g/mol. The molecular weight excluding hydrogens is 307 g/mol. The Bertz CT molecular complexity index is 790. The summed E-state index contributed by atoms with van der Waals surface area (Å²) in [7, 11) is 1.72. The Kier molecular flexibility index (Phi) is 4.34. The van der Waals surface area contributed by atoms with Gasteiger partial charge in [0.1, 0.15) is 5.82 Å². The van der Waals surface area contributed by atoms with Crippen LogP contribution in [0.15, 0.2) is 48.5 Å². The van der Waals surface area contributed by atoms with Gasteiger partial charge in [0.25, 0.3) is 0 Å². The van der Waals surface area contributed by atoms with Crippen molar-refractivity contribution in [3.05, 3.63) is 59.9 Å². The summed E-state index contributed by atoms with van der Waals surface area (Å²) < 4.78 is 13.4. The summed E-state index contributed by atoms with van der Waals surface area (Å²) in [6.07, 6.45) is 0.342. The van der Waals surface area contributed by atoms with Gasteiger partial charge in [-0.05, 0) is 36.8 Å². The molecule has 2 amide bonds. The number of carbonyl (C=O) groups is 2. The molecule has 0 aromatic heterocycles. The number of hydrogen-bond acceptors (Lipinski definition) is 2. The van der Waals surface area contributed by atoms with Crippen molar-refractivity contribution >= 4 is 23.2 Å². The van der Waals surface area contributed by atoms with E-state index in [1.165, 1.54) is 12.1 Å². The van der Waals surface area contributed by atoms with Crippen LogP contribution in [0.3, 0.4) is 0 Å². The van der Waals surface area contributed by atoms with Gasteiger partial charge in [0.2, 0.25) is 11.8 Å².